The first-order valence-electron chi connectivity index (χ1n) is 6.34. The highest BCUT2D eigenvalue weighted by molar-refractivity contribution is 5.97. The van der Waals surface area contributed by atoms with Gasteiger partial charge in [0.2, 0.25) is 0 Å². The molecule has 1 aromatic carbocycles. The van der Waals surface area contributed by atoms with E-state index in [2.05, 4.69) is 0 Å². The van der Waals surface area contributed by atoms with E-state index in [9.17, 15) is 13.2 Å². The lowest BCUT2D eigenvalue weighted by Gasteiger charge is -2.30. The van der Waals surface area contributed by atoms with Crippen LogP contribution in [-0.2, 0) is 6.18 Å². The molecule has 1 unspecified atom stereocenters. The Balaban J connectivity index is 3.27. The van der Waals surface area contributed by atoms with Crippen molar-refractivity contribution in [1.82, 2.24) is 0 Å². The van der Waals surface area contributed by atoms with E-state index in [0.717, 1.165) is 6.07 Å². The van der Waals surface area contributed by atoms with E-state index in [0.29, 0.717) is 11.6 Å². The average molecular weight is 287 g/mol. The van der Waals surface area contributed by atoms with Gasteiger partial charge >= 0.3 is 6.18 Å². The van der Waals surface area contributed by atoms with E-state index in [-0.39, 0.29) is 11.6 Å². The summed E-state index contributed by atoms with van der Waals surface area (Å²) >= 11 is 0. The maximum Gasteiger partial charge on any atom is 0.417 e. The first-order valence-corrected chi connectivity index (χ1v) is 6.34. The first kappa shape index (κ1) is 16.3. The predicted octanol–water partition coefficient (Wildman–Crippen LogP) is 3.47. The summed E-state index contributed by atoms with van der Waals surface area (Å²) in [6.45, 7) is 6.07. The molecule has 0 aromatic heterocycles. The molecule has 0 saturated heterocycles. The maximum absolute atomic E-state index is 12.9. The van der Waals surface area contributed by atoms with Gasteiger partial charge in [-0.2, -0.15) is 13.2 Å². The summed E-state index contributed by atoms with van der Waals surface area (Å²) in [6.07, 6.45) is -4.51. The second-order valence-corrected chi connectivity index (χ2v) is 5.24. The molecule has 20 heavy (non-hydrogen) atoms. The molecular weight excluding hydrogens is 267 g/mol. The third-order valence-electron chi connectivity index (χ3n) is 3.58. The smallest absolute Gasteiger partial charge is 0.384 e. The van der Waals surface area contributed by atoms with Gasteiger partial charge in [-0.25, -0.2) is 0 Å². The molecule has 0 amide bonds. The van der Waals surface area contributed by atoms with Gasteiger partial charge in [0.15, 0.2) is 0 Å². The number of amidine groups is 1. The lowest BCUT2D eigenvalue weighted by Crippen LogP contribution is -2.33. The molecule has 112 valence electrons. The molecule has 0 spiro atoms. The van der Waals surface area contributed by atoms with Crippen molar-refractivity contribution in [1.29, 1.82) is 5.41 Å². The Kier molecular flexibility index (Phi) is 4.68. The zero-order valence-electron chi connectivity index (χ0n) is 12.0. The van der Waals surface area contributed by atoms with E-state index < -0.39 is 17.6 Å². The number of anilines is 1. The second kappa shape index (κ2) is 5.73. The summed E-state index contributed by atoms with van der Waals surface area (Å²) < 4.78 is 38.6. The Bertz CT molecular complexity index is 495. The molecule has 1 rings (SSSR count). The van der Waals surface area contributed by atoms with Crippen LogP contribution in [0.5, 0.6) is 0 Å². The van der Waals surface area contributed by atoms with Crippen LogP contribution in [0.2, 0.25) is 0 Å². The minimum absolute atomic E-state index is 0.159. The number of rotatable bonds is 4. The van der Waals surface area contributed by atoms with Gasteiger partial charge in [-0.3, -0.25) is 5.41 Å². The fourth-order valence-electron chi connectivity index (χ4n) is 1.90. The molecule has 0 bridgehead atoms. The van der Waals surface area contributed by atoms with E-state index in [1.54, 1.807) is 0 Å². The van der Waals surface area contributed by atoms with Gasteiger partial charge in [0, 0.05) is 24.3 Å². The predicted molar refractivity (Wildman–Crippen MR) is 75.2 cm³/mol. The molecule has 0 heterocycles. The van der Waals surface area contributed by atoms with Crippen molar-refractivity contribution >= 4 is 11.5 Å². The van der Waals surface area contributed by atoms with Crippen LogP contribution in [0.15, 0.2) is 18.2 Å². The second-order valence-electron chi connectivity index (χ2n) is 5.24. The number of nitrogens with two attached hydrogens (primary N) is 1. The highest BCUT2D eigenvalue weighted by Gasteiger charge is 2.34. The Morgan fingerprint density at radius 2 is 1.80 bits per heavy atom. The number of benzene rings is 1. The molecule has 0 saturated carbocycles. The Morgan fingerprint density at radius 3 is 2.20 bits per heavy atom. The van der Waals surface area contributed by atoms with Crippen LogP contribution >= 0.6 is 0 Å². The zero-order valence-corrected chi connectivity index (χ0v) is 12.0. The van der Waals surface area contributed by atoms with E-state index in [1.807, 2.05) is 32.7 Å². The fourth-order valence-corrected chi connectivity index (χ4v) is 1.90. The van der Waals surface area contributed by atoms with E-state index in [4.69, 9.17) is 11.1 Å². The lowest BCUT2D eigenvalue weighted by atomic mass is 10.0. The Morgan fingerprint density at radius 1 is 1.25 bits per heavy atom. The molecule has 0 radical (unpaired) electrons. The van der Waals surface area contributed by atoms with E-state index in [1.165, 1.54) is 12.1 Å². The van der Waals surface area contributed by atoms with Crippen molar-refractivity contribution in [2.75, 3.05) is 11.9 Å². The number of nitrogens with one attached hydrogen (secondary N) is 1. The van der Waals surface area contributed by atoms with Crippen molar-refractivity contribution in [2.45, 2.75) is 33.0 Å². The summed E-state index contributed by atoms with van der Waals surface area (Å²) in [5.41, 5.74) is 4.74. The largest absolute Gasteiger partial charge is 0.417 e. The Hall–Kier alpha value is -1.72. The number of nitrogens with zero attached hydrogens (tertiary/aromatic N) is 1. The molecule has 0 aliphatic heterocycles. The fraction of sp³-hybridized carbons (Fsp3) is 0.500. The minimum Gasteiger partial charge on any atom is -0.384 e. The van der Waals surface area contributed by atoms with Crippen LogP contribution in [0.25, 0.3) is 0 Å². The summed E-state index contributed by atoms with van der Waals surface area (Å²) in [5, 5.41) is 7.34. The zero-order chi connectivity index (χ0) is 15.7. The summed E-state index contributed by atoms with van der Waals surface area (Å²) in [6, 6.07) is 3.87. The van der Waals surface area contributed by atoms with Gasteiger partial charge in [-0.1, -0.05) is 13.8 Å². The van der Waals surface area contributed by atoms with Crippen LogP contribution in [0.4, 0.5) is 18.9 Å². The summed E-state index contributed by atoms with van der Waals surface area (Å²) in [7, 11) is 1.82. The maximum atomic E-state index is 12.9. The van der Waals surface area contributed by atoms with Gasteiger partial charge in [-0.15, -0.1) is 0 Å². The van der Waals surface area contributed by atoms with Gasteiger partial charge in [0.25, 0.3) is 0 Å². The summed E-state index contributed by atoms with van der Waals surface area (Å²) in [4.78, 5) is 1.89. The topological polar surface area (TPSA) is 53.1 Å². The van der Waals surface area contributed by atoms with Crippen LogP contribution in [0, 0.1) is 11.3 Å². The molecule has 0 aliphatic rings. The average Bonchev–Trinajstić information content (AvgIpc) is 2.34. The van der Waals surface area contributed by atoms with Crippen LogP contribution < -0.4 is 10.6 Å². The highest BCUT2D eigenvalue weighted by Crippen LogP contribution is 2.34. The van der Waals surface area contributed by atoms with Crippen molar-refractivity contribution in [2.24, 2.45) is 11.7 Å². The van der Waals surface area contributed by atoms with Crippen molar-refractivity contribution in [3.8, 4) is 0 Å². The molecule has 3 N–H and O–H groups in total. The minimum atomic E-state index is -4.51. The third kappa shape index (κ3) is 3.43. The number of hydrogen-bond donors (Lipinski definition) is 2. The number of alkyl halides is 3. The van der Waals surface area contributed by atoms with Gasteiger partial charge in [-0.05, 0) is 31.0 Å². The van der Waals surface area contributed by atoms with Crippen molar-refractivity contribution in [3.63, 3.8) is 0 Å². The number of hydrogen-bond acceptors (Lipinski definition) is 2. The van der Waals surface area contributed by atoms with E-state index >= 15 is 0 Å². The van der Waals surface area contributed by atoms with Crippen LogP contribution in [0.1, 0.15) is 31.9 Å². The van der Waals surface area contributed by atoms with Crippen molar-refractivity contribution in [3.05, 3.63) is 29.3 Å². The molecule has 6 heteroatoms. The molecule has 0 fully saturated rings. The third-order valence-corrected chi connectivity index (χ3v) is 3.58. The monoisotopic (exact) mass is 287 g/mol. The highest BCUT2D eigenvalue weighted by atomic mass is 19.4. The molecule has 1 atom stereocenters. The van der Waals surface area contributed by atoms with Gasteiger partial charge < -0.3 is 10.6 Å². The molecule has 1 aromatic rings. The number of nitrogen functional groups attached to an aromatic ring is 1. The van der Waals surface area contributed by atoms with Gasteiger partial charge in [0.05, 0.1) is 5.56 Å². The summed E-state index contributed by atoms with van der Waals surface area (Å²) in [5.74, 6) is -0.229. The normalized spacial score (nSPS) is 13.4. The molecular formula is C14H20F3N3. The van der Waals surface area contributed by atoms with Crippen LogP contribution in [-0.4, -0.2) is 18.9 Å². The SMILES string of the molecule is CC(C)C(C)N(C)c1ccc(C(F)(F)F)c(C(=N)N)c1. The standard InChI is InChI=1S/C14H20F3N3/c1-8(2)9(3)20(4)10-5-6-12(14(15,16)17)11(7-10)13(18)19/h5-9H,1-4H3,(H3,18,19). The molecule has 3 nitrogen and oxygen atoms in total. The molecule has 0 aliphatic carbocycles. The Labute approximate surface area is 117 Å². The van der Waals surface area contributed by atoms with Crippen LogP contribution in [0.3, 0.4) is 0 Å². The first-order chi connectivity index (χ1) is 9.05. The van der Waals surface area contributed by atoms with Gasteiger partial charge in [0.1, 0.15) is 5.84 Å². The van der Waals surface area contributed by atoms with Crippen molar-refractivity contribution < 1.29 is 13.2 Å². The lowest BCUT2D eigenvalue weighted by molar-refractivity contribution is -0.137. The number of halogens is 3. The quantitative estimate of drug-likeness (QED) is 0.658.